The van der Waals surface area contributed by atoms with Gasteiger partial charge < -0.3 is 10.2 Å². The van der Waals surface area contributed by atoms with Crippen molar-refractivity contribution in [3.63, 3.8) is 0 Å². The van der Waals surface area contributed by atoms with Gasteiger partial charge >= 0.3 is 5.97 Å². The summed E-state index contributed by atoms with van der Waals surface area (Å²) in [6.45, 7) is 0.855. The molecule has 0 spiro atoms. The van der Waals surface area contributed by atoms with E-state index >= 15 is 0 Å². The molecule has 2 amide bonds. The van der Waals surface area contributed by atoms with E-state index in [9.17, 15) is 18.8 Å². The van der Waals surface area contributed by atoms with Crippen LogP contribution in [-0.4, -0.2) is 41.6 Å². The minimum atomic E-state index is -1.90. The largest absolute Gasteiger partial charge is 0.353 e. The molecule has 1 atom stereocenters. The number of carbonyl (C=O) groups is 3. The summed E-state index contributed by atoms with van der Waals surface area (Å²) < 4.78 is 14.7. The van der Waals surface area contributed by atoms with Gasteiger partial charge in [-0.25, -0.2) is 9.18 Å². The quantitative estimate of drug-likeness (QED) is 0.528. The number of hydrogen-bond donors (Lipinski definition) is 1. The Kier molecular flexibility index (Phi) is 8.06. The second-order valence-electron chi connectivity index (χ2n) is 6.99. The Balaban J connectivity index is 1.56. The molecule has 0 radical (unpaired) electrons. The maximum absolute atomic E-state index is 14.7. The Hall–Kier alpha value is -1.92. The highest BCUT2D eigenvalue weighted by atomic mass is 19.1. The van der Waals surface area contributed by atoms with Gasteiger partial charge in [0.25, 0.3) is 11.8 Å². The van der Waals surface area contributed by atoms with Gasteiger partial charge in [-0.05, 0) is 51.0 Å². The molecule has 7 heteroatoms. The topological polar surface area (TPSA) is 75.7 Å². The van der Waals surface area contributed by atoms with Gasteiger partial charge in [-0.15, -0.1) is 0 Å². The first-order valence-electron chi connectivity index (χ1n) is 9.67. The monoisotopic (exact) mass is 368 g/mol. The van der Waals surface area contributed by atoms with Gasteiger partial charge in [0.1, 0.15) is 0 Å². The molecule has 146 valence electrons. The summed E-state index contributed by atoms with van der Waals surface area (Å²) in [7, 11) is 0. The number of unbranched alkanes of at least 4 members (excludes halogenated alkanes) is 2. The van der Waals surface area contributed by atoms with E-state index in [1.807, 2.05) is 0 Å². The van der Waals surface area contributed by atoms with Crippen molar-refractivity contribution in [1.29, 1.82) is 0 Å². The number of allylic oxidation sites excluding steroid dienone is 1. The molecule has 1 saturated heterocycles. The summed E-state index contributed by atoms with van der Waals surface area (Å²) >= 11 is 0. The van der Waals surface area contributed by atoms with Crippen molar-refractivity contribution in [2.24, 2.45) is 0 Å². The van der Waals surface area contributed by atoms with Crippen LogP contribution in [0, 0.1) is 0 Å². The second-order valence-corrected chi connectivity index (χ2v) is 6.99. The third-order valence-electron chi connectivity index (χ3n) is 4.76. The summed E-state index contributed by atoms with van der Waals surface area (Å²) in [6, 6.07) is 0. The third-order valence-corrected chi connectivity index (χ3v) is 4.76. The fourth-order valence-electron chi connectivity index (χ4n) is 3.17. The van der Waals surface area contributed by atoms with Crippen LogP contribution in [0.2, 0.25) is 0 Å². The number of hydroxylamine groups is 2. The lowest BCUT2D eigenvalue weighted by Gasteiger charge is -2.22. The van der Waals surface area contributed by atoms with Crippen molar-refractivity contribution in [3.05, 3.63) is 12.2 Å². The Morgan fingerprint density at radius 2 is 2.04 bits per heavy atom. The third kappa shape index (κ3) is 6.42. The maximum atomic E-state index is 14.7. The first-order chi connectivity index (χ1) is 12.5. The van der Waals surface area contributed by atoms with E-state index in [-0.39, 0.29) is 18.7 Å². The number of carbonyl (C=O) groups excluding carboxylic acids is 3. The van der Waals surface area contributed by atoms with Crippen LogP contribution in [0.25, 0.3) is 0 Å². The average Bonchev–Trinajstić information content (AvgIpc) is 2.99. The van der Waals surface area contributed by atoms with Crippen molar-refractivity contribution < 1.29 is 23.6 Å². The fraction of sp³-hybridized carbons (Fsp3) is 0.737. The minimum absolute atomic E-state index is 0.149. The van der Waals surface area contributed by atoms with Crippen LogP contribution in [0.3, 0.4) is 0 Å². The predicted octanol–water partition coefficient (Wildman–Crippen LogP) is 2.97. The van der Waals surface area contributed by atoms with Crippen molar-refractivity contribution in [2.75, 3.05) is 13.1 Å². The first kappa shape index (κ1) is 20.4. The van der Waals surface area contributed by atoms with E-state index < -0.39 is 17.5 Å². The molecule has 0 aromatic rings. The SMILES string of the molecule is O=C(CCCCCNC(=O)C1(F)/C=C\CCCCC1)ON1CCCC1=O. The van der Waals surface area contributed by atoms with Crippen LogP contribution in [-0.2, 0) is 19.2 Å². The Morgan fingerprint density at radius 3 is 2.81 bits per heavy atom. The van der Waals surface area contributed by atoms with Crippen LogP contribution in [0.5, 0.6) is 0 Å². The van der Waals surface area contributed by atoms with Gasteiger partial charge in [0, 0.05) is 19.4 Å². The summed E-state index contributed by atoms with van der Waals surface area (Å²) in [5, 5.41) is 3.79. The average molecular weight is 368 g/mol. The zero-order chi connectivity index (χ0) is 18.8. The van der Waals surface area contributed by atoms with Gasteiger partial charge in [-0.2, -0.15) is 5.06 Å². The van der Waals surface area contributed by atoms with Gasteiger partial charge in [0.2, 0.25) is 5.67 Å². The fourth-order valence-corrected chi connectivity index (χ4v) is 3.17. The molecule has 1 aliphatic heterocycles. The van der Waals surface area contributed by atoms with Crippen LogP contribution >= 0.6 is 0 Å². The smallest absolute Gasteiger partial charge is 0.332 e. The summed E-state index contributed by atoms with van der Waals surface area (Å²) in [4.78, 5) is 40.1. The van der Waals surface area contributed by atoms with Crippen molar-refractivity contribution in [1.82, 2.24) is 10.4 Å². The highest BCUT2D eigenvalue weighted by molar-refractivity contribution is 5.87. The lowest BCUT2D eigenvalue weighted by molar-refractivity contribution is -0.192. The van der Waals surface area contributed by atoms with E-state index in [0.717, 1.165) is 43.6 Å². The Morgan fingerprint density at radius 1 is 1.19 bits per heavy atom. The standard InChI is InChI=1S/C19H29FN2O4/c20-19(12-6-2-1-3-7-13-19)18(25)21-14-8-4-5-11-17(24)26-22-15-9-10-16(22)23/h6,12H,1-5,7-11,13-15H2,(H,21,25)/b12-6-. The molecule has 0 aromatic carbocycles. The lowest BCUT2D eigenvalue weighted by Crippen LogP contribution is -2.42. The molecular weight excluding hydrogens is 339 g/mol. The number of rotatable bonds is 8. The Bertz CT molecular complexity index is 538. The molecule has 0 bridgehead atoms. The van der Waals surface area contributed by atoms with Crippen molar-refractivity contribution in [3.8, 4) is 0 Å². The molecule has 1 heterocycles. The van der Waals surface area contributed by atoms with Gasteiger partial charge in [-0.3, -0.25) is 9.59 Å². The molecule has 26 heavy (non-hydrogen) atoms. The molecule has 1 fully saturated rings. The molecule has 0 aromatic heterocycles. The second kappa shape index (κ2) is 10.3. The van der Waals surface area contributed by atoms with Crippen LogP contribution in [0.15, 0.2) is 12.2 Å². The summed E-state index contributed by atoms with van der Waals surface area (Å²) in [5.41, 5.74) is -1.90. The van der Waals surface area contributed by atoms with E-state index in [2.05, 4.69) is 5.32 Å². The van der Waals surface area contributed by atoms with Crippen LogP contribution in [0.4, 0.5) is 4.39 Å². The highest BCUT2D eigenvalue weighted by Gasteiger charge is 2.35. The molecule has 1 N–H and O–H groups in total. The number of nitrogens with one attached hydrogen (secondary N) is 1. The van der Waals surface area contributed by atoms with E-state index in [1.54, 1.807) is 6.08 Å². The van der Waals surface area contributed by atoms with Crippen LogP contribution in [0.1, 0.15) is 70.6 Å². The molecule has 0 saturated carbocycles. The zero-order valence-corrected chi connectivity index (χ0v) is 15.3. The van der Waals surface area contributed by atoms with E-state index in [4.69, 9.17) is 4.84 Å². The van der Waals surface area contributed by atoms with Gasteiger partial charge in [0.15, 0.2) is 0 Å². The maximum Gasteiger partial charge on any atom is 0.332 e. The summed E-state index contributed by atoms with van der Waals surface area (Å²) in [5.74, 6) is -1.13. The molecule has 6 nitrogen and oxygen atoms in total. The zero-order valence-electron chi connectivity index (χ0n) is 15.3. The Labute approximate surface area is 154 Å². The molecule has 2 rings (SSSR count). The van der Waals surface area contributed by atoms with Crippen LogP contribution < -0.4 is 5.32 Å². The number of nitrogens with zero attached hydrogens (tertiary/aromatic N) is 1. The number of amides is 2. The molecule has 1 unspecified atom stereocenters. The first-order valence-corrected chi connectivity index (χ1v) is 9.67. The number of halogens is 1. The van der Waals surface area contributed by atoms with Gasteiger partial charge in [-0.1, -0.05) is 18.9 Å². The number of hydrogen-bond acceptors (Lipinski definition) is 4. The minimum Gasteiger partial charge on any atom is -0.353 e. The van der Waals surface area contributed by atoms with Crippen molar-refractivity contribution >= 4 is 17.8 Å². The lowest BCUT2D eigenvalue weighted by atomic mass is 9.93. The van der Waals surface area contributed by atoms with Crippen molar-refractivity contribution in [2.45, 2.75) is 76.3 Å². The highest BCUT2D eigenvalue weighted by Crippen LogP contribution is 2.25. The summed E-state index contributed by atoms with van der Waals surface area (Å²) in [6.07, 6.45) is 10.3. The normalized spacial score (nSPS) is 24.7. The predicted molar refractivity (Wildman–Crippen MR) is 94.6 cm³/mol. The van der Waals surface area contributed by atoms with Gasteiger partial charge in [0.05, 0.1) is 6.54 Å². The molecule has 2 aliphatic rings. The molecule has 1 aliphatic carbocycles. The van der Waals surface area contributed by atoms with E-state index in [1.165, 1.54) is 6.08 Å². The molecular formula is C19H29FN2O4. The number of alkyl halides is 1. The van der Waals surface area contributed by atoms with E-state index in [0.29, 0.717) is 32.4 Å².